The molecule has 0 spiro atoms. The highest BCUT2D eigenvalue weighted by molar-refractivity contribution is 7.80. The van der Waals surface area contributed by atoms with Crippen molar-refractivity contribution >= 4 is 28.8 Å². The van der Waals surface area contributed by atoms with E-state index in [2.05, 4.69) is 5.32 Å². The summed E-state index contributed by atoms with van der Waals surface area (Å²) in [5, 5.41) is 2.39. The maximum atomic E-state index is 13.6. The second kappa shape index (κ2) is 7.78. The fraction of sp³-hybridized carbons (Fsp3) is 0.333. The average molecular weight is 286 g/mol. The molecule has 5 nitrogen and oxygen atoms in total. The molecule has 0 atom stereocenters. The third-order valence-corrected chi connectivity index (χ3v) is 2.43. The van der Waals surface area contributed by atoms with Gasteiger partial charge in [-0.2, -0.15) is 0 Å². The molecule has 0 unspecified atom stereocenters. The molecule has 3 N–H and O–H groups in total. The number of nitrogens with one attached hydrogen (secondary N) is 1. The summed E-state index contributed by atoms with van der Waals surface area (Å²) >= 11 is 4.73. The van der Waals surface area contributed by atoms with E-state index < -0.39 is 11.7 Å². The molecule has 0 fully saturated rings. The molecule has 0 radical (unpaired) electrons. The number of halogens is 1. The Kier molecular flexibility index (Phi) is 6.34. The molecule has 0 aliphatic rings. The second-order valence-electron chi connectivity index (χ2n) is 3.65. The number of rotatable bonds is 7. The molecule has 0 saturated carbocycles. The minimum absolute atomic E-state index is 0.0559. The van der Waals surface area contributed by atoms with Gasteiger partial charge in [0.2, 0.25) is 5.91 Å². The molecule has 19 heavy (non-hydrogen) atoms. The van der Waals surface area contributed by atoms with Gasteiger partial charge >= 0.3 is 0 Å². The van der Waals surface area contributed by atoms with Crippen LogP contribution < -0.4 is 11.1 Å². The van der Waals surface area contributed by atoms with Gasteiger partial charge in [-0.15, -0.1) is 0 Å². The van der Waals surface area contributed by atoms with E-state index in [1.165, 1.54) is 25.3 Å². The van der Waals surface area contributed by atoms with Crippen LogP contribution in [-0.2, 0) is 14.3 Å². The normalized spacial score (nSPS) is 10.2. The number of methoxy groups -OCH3 is 1. The van der Waals surface area contributed by atoms with Crippen molar-refractivity contribution in [2.24, 2.45) is 5.73 Å². The van der Waals surface area contributed by atoms with E-state index in [0.717, 1.165) is 0 Å². The lowest BCUT2D eigenvalue weighted by Crippen LogP contribution is -2.20. The summed E-state index contributed by atoms with van der Waals surface area (Å²) in [5.74, 6) is -1.05. The van der Waals surface area contributed by atoms with Gasteiger partial charge in [-0.25, -0.2) is 4.39 Å². The predicted molar refractivity (Wildman–Crippen MR) is 73.6 cm³/mol. The number of amides is 1. The summed E-state index contributed by atoms with van der Waals surface area (Å²) in [4.78, 5) is 11.5. The zero-order chi connectivity index (χ0) is 14.3. The zero-order valence-corrected chi connectivity index (χ0v) is 11.3. The maximum absolute atomic E-state index is 13.6. The molecule has 0 heterocycles. The van der Waals surface area contributed by atoms with E-state index in [9.17, 15) is 9.18 Å². The van der Waals surface area contributed by atoms with Crippen LogP contribution in [-0.4, -0.2) is 37.8 Å². The molecule has 0 saturated heterocycles. The fourth-order valence-corrected chi connectivity index (χ4v) is 1.39. The Bertz CT molecular complexity index is 468. The number of ether oxygens (including phenoxy) is 2. The Hall–Kier alpha value is -1.57. The van der Waals surface area contributed by atoms with E-state index in [0.29, 0.717) is 18.8 Å². The monoisotopic (exact) mass is 286 g/mol. The van der Waals surface area contributed by atoms with Gasteiger partial charge in [0.1, 0.15) is 17.4 Å². The molecule has 7 heteroatoms. The van der Waals surface area contributed by atoms with Gasteiger partial charge < -0.3 is 20.5 Å². The molecule has 1 aromatic carbocycles. The Morgan fingerprint density at radius 3 is 2.79 bits per heavy atom. The SMILES string of the molecule is COCCOCC(=O)Nc1ccc(C(N)=S)cc1F. The van der Waals surface area contributed by atoms with Crippen molar-refractivity contribution in [1.29, 1.82) is 0 Å². The highest BCUT2D eigenvalue weighted by Crippen LogP contribution is 2.15. The van der Waals surface area contributed by atoms with Crippen molar-refractivity contribution in [3.63, 3.8) is 0 Å². The number of thiocarbonyl (C=S) groups is 1. The van der Waals surface area contributed by atoms with E-state index in [4.69, 9.17) is 27.4 Å². The minimum Gasteiger partial charge on any atom is -0.389 e. The number of carbonyl (C=O) groups excluding carboxylic acids is 1. The van der Waals surface area contributed by atoms with E-state index in [-0.39, 0.29) is 17.3 Å². The number of benzene rings is 1. The summed E-state index contributed by atoms with van der Waals surface area (Å²) in [6.45, 7) is 0.525. The molecule has 1 amide bonds. The molecule has 104 valence electrons. The first-order chi connectivity index (χ1) is 9.04. The van der Waals surface area contributed by atoms with Crippen LogP contribution in [0, 0.1) is 5.82 Å². The van der Waals surface area contributed by atoms with Gasteiger partial charge in [0, 0.05) is 12.7 Å². The molecule has 0 aliphatic heterocycles. The van der Waals surface area contributed by atoms with Crippen LogP contribution in [0.2, 0.25) is 0 Å². The summed E-state index contributed by atoms with van der Waals surface area (Å²) in [7, 11) is 1.53. The average Bonchev–Trinajstić information content (AvgIpc) is 2.37. The lowest BCUT2D eigenvalue weighted by molar-refractivity contribution is -0.121. The zero-order valence-electron chi connectivity index (χ0n) is 10.4. The molecule has 0 bridgehead atoms. The maximum Gasteiger partial charge on any atom is 0.250 e. The fourth-order valence-electron chi connectivity index (χ4n) is 1.26. The number of nitrogens with two attached hydrogens (primary N) is 1. The van der Waals surface area contributed by atoms with Gasteiger partial charge in [-0.05, 0) is 18.2 Å². The summed E-state index contributed by atoms with van der Waals surface area (Å²) in [6, 6.07) is 4.10. The van der Waals surface area contributed by atoms with Crippen LogP contribution in [0.1, 0.15) is 5.56 Å². The lowest BCUT2D eigenvalue weighted by Gasteiger charge is -2.08. The van der Waals surface area contributed by atoms with Crippen LogP contribution in [0.25, 0.3) is 0 Å². The van der Waals surface area contributed by atoms with Gasteiger partial charge in [0.05, 0.1) is 18.9 Å². The largest absolute Gasteiger partial charge is 0.389 e. The smallest absolute Gasteiger partial charge is 0.250 e. The third-order valence-electron chi connectivity index (χ3n) is 2.19. The predicted octanol–water partition coefficient (Wildman–Crippen LogP) is 1.06. The van der Waals surface area contributed by atoms with Crippen molar-refractivity contribution in [3.8, 4) is 0 Å². The standard InChI is InChI=1S/C12H15FN2O3S/c1-17-4-5-18-7-11(16)15-10-3-2-8(12(14)19)6-9(10)13/h2-3,6H,4-5,7H2,1H3,(H2,14,19)(H,15,16). The van der Waals surface area contributed by atoms with Gasteiger partial charge in [-0.1, -0.05) is 12.2 Å². The van der Waals surface area contributed by atoms with Gasteiger partial charge in [0.15, 0.2) is 0 Å². The molecule has 0 aliphatic carbocycles. The van der Waals surface area contributed by atoms with E-state index >= 15 is 0 Å². The number of carbonyl (C=O) groups is 1. The first kappa shape index (κ1) is 15.5. The highest BCUT2D eigenvalue weighted by atomic mass is 32.1. The summed E-state index contributed by atoms with van der Waals surface area (Å²) < 4.78 is 23.4. The van der Waals surface area contributed by atoms with Crippen LogP contribution in [0.5, 0.6) is 0 Å². The molecule has 0 aromatic heterocycles. The van der Waals surface area contributed by atoms with Crippen molar-refractivity contribution in [2.45, 2.75) is 0 Å². The van der Waals surface area contributed by atoms with Gasteiger partial charge in [-0.3, -0.25) is 4.79 Å². The van der Waals surface area contributed by atoms with Gasteiger partial charge in [0.25, 0.3) is 0 Å². The summed E-state index contributed by atoms with van der Waals surface area (Å²) in [6.07, 6.45) is 0. The Labute approximate surface area is 115 Å². The first-order valence-corrected chi connectivity index (χ1v) is 5.91. The van der Waals surface area contributed by atoms with Crippen molar-refractivity contribution < 1.29 is 18.7 Å². The van der Waals surface area contributed by atoms with E-state index in [1.54, 1.807) is 0 Å². The molecular formula is C12H15FN2O3S. The van der Waals surface area contributed by atoms with Crippen LogP contribution >= 0.6 is 12.2 Å². The summed E-state index contributed by atoms with van der Waals surface area (Å²) in [5.41, 5.74) is 5.83. The van der Waals surface area contributed by atoms with Crippen molar-refractivity contribution in [1.82, 2.24) is 0 Å². The van der Waals surface area contributed by atoms with Crippen LogP contribution in [0.4, 0.5) is 10.1 Å². The first-order valence-electron chi connectivity index (χ1n) is 5.50. The highest BCUT2D eigenvalue weighted by Gasteiger charge is 2.08. The topological polar surface area (TPSA) is 73.6 Å². The minimum atomic E-state index is -0.601. The van der Waals surface area contributed by atoms with Crippen LogP contribution in [0.15, 0.2) is 18.2 Å². The molecular weight excluding hydrogens is 271 g/mol. The van der Waals surface area contributed by atoms with Crippen molar-refractivity contribution in [3.05, 3.63) is 29.6 Å². The van der Waals surface area contributed by atoms with E-state index in [1.807, 2.05) is 0 Å². The number of hydrogen-bond acceptors (Lipinski definition) is 4. The Balaban J connectivity index is 2.52. The molecule has 1 rings (SSSR count). The Morgan fingerprint density at radius 1 is 1.47 bits per heavy atom. The second-order valence-corrected chi connectivity index (χ2v) is 4.09. The third kappa shape index (κ3) is 5.29. The van der Waals surface area contributed by atoms with Crippen LogP contribution in [0.3, 0.4) is 0 Å². The Morgan fingerprint density at radius 2 is 2.21 bits per heavy atom. The molecule has 1 aromatic rings. The number of hydrogen-bond donors (Lipinski definition) is 2. The number of anilines is 1. The quantitative estimate of drug-likeness (QED) is 0.579. The van der Waals surface area contributed by atoms with Crippen molar-refractivity contribution in [2.75, 3.05) is 32.2 Å². The lowest BCUT2D eigenvalue weighted by atomic mass is 10.2.